The second-order valence-corrected chi connectivity index (χ2v) is 6.10. The lowest BCUT2D eigenvalue weighted by Crippen LogP contribution is -2.44. The molecule has 2 aromatic carbocycles. The minimum Gasteiger partial charge on any atom is -0.445 e. The first-order valence-electron chi connectivity index (χ1n) is 8.14. The van der Waals surface area contributed by atoms with Gasteiger partial charge in [-0.3, -0.25) is 14.9 Å². The fraction of sp³-hybridized carbons (Fsp3) is 0.263. The molecule has 7 heteroatoms. The number of ether oxygens (including phenoxy) is 1. The van der Waals surface area contributed by atoms with Crippen molar-refractivity contribution in [3.05, 3.63) is 75.8 Å². The Hall–Kier alpha value is -3.22. The van der Waals surface area contributed by atoms with Crippen LogP contribution in [0.25, 0.3) is 0 Å². The number of hydrogen-bond acceptors (Lipinski definition) is 5. The molecule has 0 saturated heterocycles. The molecule has 1 N–H and O–H groups in total. The van der Waals surface area contributed by atoms with Gasteiger partial charge in [0.2, 0.25) is 0 Å². The third-order valence-electron chi connectivity index (χ3n) is 3.78. The van der Waals surface area contributed by atoms with Gasteiger partial charge in [0, 0.05) is 17.7 Å². The molecule has 0 saturated carbocycles. The quantitative estimate of drug-likeness (QED) is 0.463. The predicted octanol–water partition coefficient (Wildman–Crippen LogP) is 3.73. The molecule has 26 heavy (non-hydrogen) atoms. The molecule has 136 valence electrons. The SMILES string of the molecule is CC(C)[C@H](NC(=O)OCc1ccccc1)C(=O)c1cccc([N+](=O)[O-])c1. The highest BCUT2D eigenvalue weighted by molar-refractivity contribution is 6.02. The topological polar surface area (TPSA) is 98.5 Å². The summed E-state index contributed by atoms with van der Waals surface area (Å²) in [5.74, 6) is -0.619. The number of alkyl carbamates (subject to hydrolysis) is 1. The van der Waals surface area contributed by atoms with Gasteiger partial charge in [0.15, 0.2) is 5.78 Å². The van der Waals surface area contributed by atoms with Crippen molar-refractivity contribution < 1.29 is 19.2 Å². The van der Waals surface area contributed by atoms with Gasteiger partial charge in [-0.05, 0) is 11.5 Å². The van der Waals surface area contributed by atoms with Gasteiger partial charge in [0.05, 0.1) is 11.0 Å². The number of nitro benzene ring substituents is 1. The molecule has 0 radical (unpaired) electrons. The third-order valence-corrected chi connectivity index (χ3v) is 3.78. The van der Waals surface area contributed by atoms with Crippen LogP contribution in [0.2, 0.25) is 0 Å². The largest absolute Gasteiger partial charge is 0.445 e. The standard InChI is InChI=1S/C19H20N2O5/c1-13(2)17(18(22)15-9-6-10-16(11-15)21(24)25)20-19(23)26-12-14-7-4-3-5-8-14/h3-11,13,17H,12H2,1-2H3,(H,20,23)/t17-/m0/s1. The summed E-state index contributed by atoms with van der Waals surface area (Å²) in [6.07, 6.45) is -0.716. The molecule has 0 aliphatic heterocycles. The Morgan fingerprint density at radius 2 is 1.81 bits per heavy atom. The van der Waals surface area contributed by atoms with Gasteiger partial charge in [-0.25, -0.2) is 4.79 Å². The van der Waals surface area contributed by atoms with Crippen molar-refractivity contribution in [2.45, 2.75) is 26.5 Å². The number of non-ortho nitro benzene ring substituents is 1. The highest BCUT2D eigenvalue weighted by atomic mass is 16.6. The van der Waals surface area contributed by atoms with Crippen molar-refractivity contribution in [1.82, 2.24) is 5.32 Å². The molecule has 0 aliphatic rings. The van der Waals surface area contributed by atoms with Crippen molar-refractivity contribution in [2.24, 2.45) is 5.92 Å². The van der Waals surface area contributed by atoms with E-state index in [2.05, 4.69) is 5.32 Å². The van der Waals surface area contributed by atoms with Crippen molar-refractivity contribution >= 4 is 17.6 Å². The van der Waals surface area contributed by atoms with Crippen LogP contribution in [0.1, 0.15) is 29.8 Å². The molecular weight excluding hydrogens is 336 g/mol. The van der Waals surface area contributed by atoms with E-state index in [0.717, 1.165) is 5.56 Å². The number of hydrogen-bond donors (Lipinski definition) is 1. The number of ketones is 1. The Balaban J connectivity index is 2.05. The zero-order valence-electron chi connectivity index (χ0n) is 14.5. The third kappa shape index (κ3) is 5.14. The molecule has 1 atom stereocenters. The number of carbonyl (C=O) groups excluding carboxylic acids is 2. The molecule has 7 nitrogen and oxygen atoms in total. The summed E-state index contributed by atoms with van der Waals surface area (Å²) in [7, 11) is 0. The van der Waals surface area contributed by atoms with E-state index < -0.39 is 22.8 Å². The molecule has 2 aromatic rings. The Labute approximate surface area is 151 Å². The molecule has 0 spiro atoms. The molecule has 0 unspecified atom stereocenters. The maximum atomic E-state index is 12.7. The van der Waals surface area contributed by atoms with Crippen molar-refractivity contribution in [2.75, 3.05) is 0 Å². The molecule has 1 amide bonds. The minimum absolute atomic E-state index is 0.0858. The van der Waals surface area contributed by atoms with Gasteiger partial charge in [-0.2, -0.15) is 0 Å². The number of nitrogens with one attached hydrogen (secondary N) is 1. The molecule has 0 heterocycles. The number of nitro groups is 1. The van der Waals surface area contributed by atoms with E-state index in [9.17, 15) is 19.7 Å². The van der Waals surface area contributed by atoms with Gasteiger partial charge in [0.1, 0.15) is 6.61 Å². The van der Waals surface area contributed by atoms with Crippen molar-refractivity contribution in [3.63, 3.8) is 0 Å². The van der Waals surface area contributed by atoms with E-state index in [0.29, 0.717) is 0 Å². The fourth-order valence-electron chi connectivity index (χ4n) is 2.38. The molecule has 0 aromatic heterocycles. The van der Waals surface area contributed by atoms with Crippen LogP contribution < -0.4 is 5.32 Å². The number of rotatable bonds is 7. The van der Waals surface area contributed by atoms with Gasteiger partial charge in [-0.1, -0.05) is 56.3 Å². The van der Waals surface area contributed by atoms with Crippen molar-refractivity contribution in [3.8, 4) is 0 Å². The Kier molecular flexibility index (Phi) is 6.43. The van der Waals surface area contributed by atoms with Crippen LogP contribution in [0.3, 0.4) is 0 Å². The zero-order valence-corrected chi connectivity index (χ0v) is 14.5. The zero-order chi connectivity index (χ0) is 19.1. The van der Waals surface area contributed by atoms with Gasteiger partial charge in [-0.15, -0.1) is 0 Å². The summed E-state index contributed by atoms with van der Waals surface area (Å²) >= 11 is 0. The van der Waals surface area contributed by atoms with Crippen LogP contribution in [0.5, 0.6) is 0 Å². The van der Waals surface area contributed by atoms with E-state index in [-0.39, 0.29) is 23.8 Å². The minimum atomic E-state index is -0.847. The maximum absolute atomic E-state index is 12.7. The summed E-state index contributed by atoms with van der Waals surface area (Å²) in [5.41, 5.74) is 0.819. The average Bonchev–Trinajstić information content (AvgIpc) is 2.64. The van der Waals surface area contributed by atoms with Crippen LogP contribution >= 0.6 is 0 Å². The highest BCUT2D eigenvalue weighted by Crippen LogP contribution is 2.17. The predicted molar refractivity (Wildman–Crippen MR) is 95.8 cm³/mol. The summed E-state index contributed by atoms with van der Waals surface area (Å²) in [5, 5.41) is 13.4. The van der Waals surface area contributed by atoms with Crippen LogP contribution in [-0.2, 0) is 11.3 Å². The van der Waals surface area contributed by atoms with E-state index in [4.69, 9.17) is 4.74 Å². The van der Waals surface area contributed by atoms with Gasteiger partial charge in [0.25, 0.3) is 5.69 Å². The second-order valence-electron chi connectivity index (χ2n) is 6.10. The summed E-state index contributed by atoms with van der Waals surface area (Å²) < 4.78 is 5.15. The van der Waals surface area contributed by atoms with E-state index >= 15 is 0 Å². The van der Waals surface area contributed by atoms with E-state index in [1.54, 1.807) is 13.8 Å². The van der Waals surface area contributed by atoms with E-state index in [1.807, 2.05) is 30.3 Å². The van der Waals surface area contributed by atoms with Crippen LogP contribution in [-0.4, -0.2) is 22.8 Å². The first-order valence-corrected chi connectivity index (χ1v) is 8.14. The average molecular weight is 356 g/mol. The summed E-state index contributed by atoms with van der Waals surface area (Å²) in [6.45, 7) is 3.64. The molecule has 0 aliphatic carbocycles. The highest BCUT2D eigenvalue weighted by Gasteiger charge is 2.27. The Morgan fingerprint density at radius 1 is 1.12 bits per heavy atom. The smallest absolute Gasteiger partial charge is 0.408 e. The molecule has 0 bridgehead atoms. The Morgan fingerprint density at radius 3 is 2.42 bits per heavy atom. The molecule has 2 rings (SSSR count). The van der Waals surface area contributed by atoms with Crippen molar-refractivity contribution in [1.29, 1.82) is 0 Å². The fourth-order valence-corrected chi connectivity index (χ4v) is 2.38. The summed E-state index contributed by atoms with van der Waals surface area (Å²) in [4.78, 5) is 35.0. The number of carbonyl (C=O) groups is 2. The van der Waals surface area contributed by atoms with Crippen LogP contribution in [0, 0.1) is 16.0 Å². The summed E-state index contributed by atoms with van der Waals surface area (Å²) in [6, 6.07) is 13.8. The number of Topliss-reactive ketones (excluding diaryl/α,β-unsaturated/α-hetero) is 1. The molecular formula is C19H20N2O5. The second kappa shape index (κ2) is 8.75. The normalized spacial score (nSPS) is 11.7. The van der Waals surface area contributed by atoms with Crippen LogP contribution in [0.15, 0.2) is 54.6 Å². The monoisotopic (exact) mass is 356 g/mol. The lowest BCUT2D eigenvalue weighted by Gasteiger charge is -2.21. The van der Waals surface area contributed by atoms with Gasteiger partial charge >= 0.3 is 6.09 Å². The lowest BCUT2D eigenvalue weighted by molar-refractivity contribution is -0.384. The van der Waals surface area contributed by atoms with E-state index in [1.165, 1.54) is 24.3 Å². The molecule has 0 fully saturated rings. The first kappa shape index (κ1) is 19.1. The number of amides is 1. The Bertz CT molecular complexity index is 790. The lowest BCUT2D eigenvalue weighted by atomic mass is 9.95. The number of nitrogens with zero attached hydrogens (tertiary/aromatic N) is 1. The van der Waals surface area contributed by atoms with Gasteiger partial charge < -0.3 is 10.1 Å². The maximum Gasteiger partial charge on any atom is 0.408 e. The first-order chi connectivity index (χ1) is 12.4. The van der Waals surface area contributed by atoms with Crippen LogP contribution in [0.4, 0.5) is 10.5 Å². The number of benzene rings is 2.